The number of rotatable bonds is 2. The first kappa shape index (κ1) is 15.9. The quantitative estimate of drug-likeness (QED) is 0.784. The van der Waals surface area contributed by atoms with Crippen molar-refractivity contribution >= 4 is 29.4 Å². The van der Waals surface area contributed by atoms with E-state index in [0.29, 0.717) is 0 Å². The molecule has 4 heteroatoms. The van der Waals surface area contributed by atoms with Crippen LogP contribution in [0, 0.1) is 11.8 Å². The van der Waals surface area contributed by atoms with Gasteiger partial charge in [0.1, 0.15) is 0 Å². The number of hydrogen-bond donors (Lipinski definition) is 0. The first-order valence-electron chi connectivity index (χ1n) is 6.95. The summed E-state index contributed by atoms with van der Waals surface area (Å²) in [6.07, 6.45) is 0. The van der Waals surface area contributed by atoms with E-state index in [2.05, 4.69) is 50.6 Å². The molecule has 0 amide bonds. The molecule has 1 aromatic heterocycles. The number of thiophene rings is 1. The average Bonchev–Trinajstić information content (AvgIpc) is 3.03. The van der Waals surface area contributed by atoms with Crippen LogP contribution in [0.2, 0.25) is 0 Å². The van der Waals surface area contributed by atoms with Gasteiger partial charge < -0.3 is 4.90 Å². The van der Waals surface area contributed by atoms with E-state index in [1.807, 2.05) is 18.2 Å². The lowest BCUT2D eigenvalue weighted by Gasteiger charge is -2.34. The fraction of sp³-hybridized carbons (Fsp3) is 0.294. The number of anilines is 1. The van der Waals surface area contributed by atoms with E-state index in [4.69, 9.17) is 0 Å². The smallest absolute Gasteiger partial charge is 0.0606 e. The minimum atomic E-state index is 0. The van der Waals surface area contributed by atoms with Crippen LogP contribution >= 0.6 is 23.7 Å². The highest BCUT2D eigenvalue weighted by molar-refractivity contribution is 7.08. The lowest BCUT2D eigenvalue weighted by atomic mass is 10.2. The van der Waals surface area contributed by atoms with Gasteiger partial charge in [-0.2, -0.15) is 11.3 Å². The third kappa shape index (κ3) is 4.50. The van der Waals surface area contributed by atoms with Crippen LogP contribution in [0.1, 0.15) is 5.56 Å². The van der Waals surface area contributed by atoms with Crippen LogP contribution in [0.15, 0.2) is 47.2 Å². The van der Waals surface area contributed by atoms with E-state index in [1.165, 1.54) is 5.69 Å². The monoisotopic (exact) mass is 318 g/mol. The van der Waals surface area contributed by atoms with Gasteiger partial charge in [-0.3, -0.25) is 4.90 Å². The second-order valence-electron chi connectivity index (χ2n) is 4.91. The number of nitrogens with zero attached hydrogens (tertiary/aromatic N) is 2. The molecule has 0 unspecified atom stereocenters. The molecular formula is C17H19ClN2S. The van der Waals surface area contributed by atoms with Gasteiger partial charge in [0, 0.05) is 42.8 Å². The number of piperazine rings is 1. The molecule has 1 aromatic carbocycles. The van der Waals surface area contributed by atoms with Crippen molar-refractivity contribution in [2.24, 2.45) is 0 Å². The minimum absolute atomic E-state index is 0. The fourth-order valence-corrected chi connectivity index (χ4v) is 3.04. The highest BCUT2D eigenvalue weighted by Crippen LogP contribution is 2.19. The van der Waals surface area contributed by atoms with Crippen molar-refractivity contribution in [3.63, 3.8) is 0 Å². The lowest BCUT2D eigenvalue weighted by Crippen LogP contribution is -2.46. The van der Waals surface area contributed by atoms with Crippen LogP contribution in [0.5, 0.6) is 0 Å². The second-order valence-corrected chi connectivity index (χ2v) is 5.69. The zero-order valence-corrected chi connectivity index (χ0v) is 13.5. The van der Waals surface area contributed by atoms with Crippen molar-refractivity contribution in [3.8, 4) is 11.8 Å². The standard InChI is InChI=1S/C17H18N2S.ClH/c1-2-5-16(6-3-1)7-4-9-18-10-12-19(13-11-18)17-8-14-20-15-17;/h1-3,5-6,8,14-15H,9-13H2;1H. The molecule has 0 N–H and O–H groups in total. The maximum Gasteiger partial charge on any atom is 0.0606 e. The molecule has 1 saturated heterocycles. The maximum atomic E-state index is 3.28. The van der Waals surface area contributed by atoms with Gasteiger partial charge in [0.15, 0.2) is 0 Å². The zero-order chi connectivity index (χ0) is 13.6. The van der Waals surface area contributed by atoms with Crippen molar-refractivity contribution in [2.75, 3.05) is 37.6 Å². The summed E-state index contributed by atoms with van der Waals surface area (Å²) >= 11 is 1.77. The van der Waals surface area contributed by atoms with Gasteiger partial charge in [-0.05, 0) is 23.6 Å². The van der Waals surface area contributed by atoms with E-state index in [-0.39, 0.29) is 12.4 Å². The molecule has 0 bridgehead atoms. The van der Waals surface area contributed by atoms with Gasteiger partial charge in [-0.1, -0.05) is 30.0 Å². The van der Waals surface area contributed by atoms with Crippen LogP contribution in [-0.4, -0.2) is 37.6 Å². The van der Waals surface area contributed by atoms with Crippen molar-refractivity contribution in [3.05, 3.63) is 52.7 Å². The molecule has 1 fully saturated rings. The molecule has 0 aliphatic carbocycles. The Balaban J connectivity index is 0.00000161. The Morgan fingerprint density at radius 3 is 2.43 bits per heavy atom. The van der Waals surface area contributed by atoms with Gasteiger partial charge in [0.05, 0.1) is 6.54 Å². The SMILES string of the molecule is C(#Cc1ccccc1)CN1CCN(c2ccsc2)CC1.Cl. The summed E-state index contributed by atoms with van der Waals surface area (Å²) in [7, 11) is 0. The number of hydrogen-bond acceptors (Lipinski definition) is 3. The topological polar surface area (TPSA) is 6.48 Å². The molecule has 3 rings (SSSR count). The number of halogens is 1. The largest absolute Gasteiger partial charge is 0.368 e. The van der Waals surface area contributed by atoms with Crippen LogP contribution in [0.3, 0.4) is 0 Å². The Morgan fingerprint density at radius 1 is 1.00 bits per heavy atom. The van der Waals surface area contributed by atoms with Gasteiger partial charge in [-0.25, -0.2) is 0 Å². The van der Waals surface area contributed by atoms with Gasteiger partial charge >= 0.3 is 0 Å². The number of benzene rings is 1. The summed E-state index contributed by atoms with van der Waals surface area (Å²) in [5, 5.41) is 4.37. The fourth-order valence-electron chi connectivity index (χ4n) is 2.38. The molecular weight excluding hydrogens is 300 g/mol. The van der Waals surface area contributed by atoms with Crippen molar-refractivity contribution in [1.29, 1.82) is 0 Å². The predicted molar refractivity (Wildman–Crippen MR) is 93.5 cm³/mol. The Bertz CT molecular complexity index is 578. The van der Waals surface area contributed by atoms with Crippen molar-refractivity contribution < 1.29 is 0 Å². The first-order chi connectivity index (χ1) is 9.92. The van der Waals surface area contributed by atoms with E-state index in [0.717, 1.165) is 38.3 Å². The first-order valence-corrected chi connectivity index (χ1v) is 7.89. The van der Waals surface area contributed by atoms with Gasteiger partial charge in [0.2, 0.25) is 0 Å². The van der Waals surface area contributed by atoms with E-state index in [1.54, 1.807) is 11.3 Å². The van der Waals surface area contributed by atoms with Gasteiger partial charge in [0.25, 0.3) is 0 Å². The Kier molecular flexibility index (Phi) is 6.13. The molecule has 2 nitrogen and oxygen atoms in total. The highest BCUT2D eigenvalue weighted by atomic mass is 35.5. The maximum absolute atomic E-state index is 3.28. The lowest BCUT2D eigenvalue weighted by molar-refractivity contribution is 0.288. The molecule has 1 aliphatic heterocycles. The molecule has 2 heterocycles. The third-order valence-electron chi connectivity index (χ3n) is 3.55. The molecule has 0 radical (unpaired) electrons. The third-order valence-corrected chi connectivity index (χ3v) is 4.22. The molecule has 21 heavy (non-hydrogen) atoms. The molecule has 2 aromatic rings. The molecule has 0 atom stereocenters. The molecule has 110 valence electrons. The summed E-state index contributed by atoms with van der Waals surface area (Å²) in [6, 6.07) is 12.4. The Labute approximate surface area is 136 Å². The van der Waals surface area contributed by atoms with E-state index >= 15 is 0 Å². The molecule has 0 spiro atoms. The Hall–Kier alpha value is -1.47. The Morgan fingerprint density at radius 2 is 1.76 bits per heavy atom. The predicted octanol–water partition coefficient (Wildman–Crippen LogP) is 3.34. The zero-order valence-electron chi connectivity index (χ0n) is 11.9. The average molecular weight is 319 g/mol. The molecule has 1 aliphatic rings. The summed E-state index contributed by atoms with van der Waals surface area (Å²) in [4.78, 5) is 4.89. The molecule has 0 saturated carbocycles. The van der Waals surface area contributed by atoms with Crippen LogP contribution in [-0.2, 0) is 0 Å². The van der Waals surface area contributed by atoms with Crippen molar-refractivity contribution in [2.45, 2.75) is 0 Å². The summed E-state index contributed by atoms with van der Waals surface area (Å²) < 4.78 is 0. The van der Waals surface area contributed by atoms with E-state index < -0.39 is 0 Å². The van der Waals surface area contributed by atoms with Crippen LogP contribution < -0.4 is 4.90 Å². The van der Waals surface area contributed by atoms with Crippen LogP contribution in [0.25, 0.3) is 0 Å². The van der Waals surface area contributed by atoms with Crippen LogP contribution in [0.4, 0.5) is 5.69 Å². The summed E-state index contributed by atoms with van der Waals surface area (Å²) in [5.41, 5.74) is 2.47. The van der Waals surface area contributed by atoms with Gasteiger partial charge in [-0.15, -0.1) is 12.4 Å². The highest BCUT2D eigenvalue weighted by Gasteiger charge is 2.16. The second kappa shape index (κ2) is 8.09. The summed E-state index contributed by atoms with van der Waals surface area (Å²) in [6.45, 7) is 5.26. The normalized spacial score (nSPS) is 15.0. The van der Waals surface area contributed by atoms with E-state index in [9.17, 15) is 0 Å². The minimum Gasteiger partial charge on any atom is -0.368 e. The van der Waals surface area contributed by atoms with Crippen molar-refractivity contribution in [1.82, 2.24) is 4.90 Å². The summed E-state index contributed by atoms with van der Waals surface area (Å²) in [5.74, 6) is 6.51.